The van der Waals surface area contributed by atoms with Crippen LogP contribution in [0.25, 0.3) is 0 Å². The first-order chi connectivity index (χ1) is 11.8. The largest absolute Gasteiger partial charge is 0.444 e. The highest BCUT2D eigenvalue weighted by atomic mass is 16.6. The van der Waals surface area contributed by atoms with Gasteiger partial charge in [0.15, 0.2) is 0 Å². The van der Waals surface area contributed by atoms with E-state index < -0.39 is 11.7 Å². The number of amides is 1. The maximum atomic E-state index is 11.8. The van der Waals surface area contributed by atoms with Crippen molar-refractivity contribution in [1.82, 2.24) is 5.32 Å². The van der Waals surface area contributed by atoms with Crippen molar-refractivity contribution in [3.05, 3.63) is 0 Å². The van der Waals surface area contributed by atoms with Gasteiger partial charge in [-0.2, -0.15) is 0 Å². The molecule has 1 amide bonds. The van der Waals surface area contributed by atoms with E-state index in [1.165, 1.54) is 0 Å². The van der Waals surface area contributed by atoms with E-state index in [1.54, 1.807) is 28.4 Å². The fraction of sp³-hybridized carbons (Fsp3) is 0.941. The number of carbonyl (C=O) groups is 1. The highest BCUT2D eigenvalue weighted by Gasteiger charge is 2.46. The molecule has 0 aromatic carbocycles. The smallest absolute Gasteiger partial charge is 0.407 e. The summed E-state index contributed by atoms with van der Waals surface area (Å²) < 4.78 is 33.3. The SMILES string of the molecule is COC[C@H]1O[C@H](CCNC(=O)OC(C)(C)C)[C@@H](OC)[C@@H](OC)[C@@H]1OC. The molecule has 0 unspecified atom stereocenters. The van der Waals surface area contributed by atoms with Gasteiger partial charge in [-0.05, 0) is 27.2 Å². The topological polar surface area (TPSA) is 84.5 Å². The zero-order chi connectivity index (χ0) is 19.0. The lowest BCUT2D eigenvalue weighted by Gasteiger charge is -2.45. The van der Waals surface area contributed by atoms with Crippen molar-refractivity contribution in [2.24, 2.45) is 0 Å². The van der Waals surface area contributed by atoms with Crippen LogP contribution in [0.2, 0.25) is 0 Å². The van der Waals surface area contributed by atoms with Crippen molar-refractivity contribution in [3.63, 3.8) is 0 Å². The Labute approximate surface area is 150 Å². The molecule has 0 saturated carbocycles. The fourth-order valence-corrected chi connectivity index (χ4v) is 2.99. The maximum absolute atomic E-state index is 11.8. The maximum Gasteiger partial charge on any atom is 0.407 e. The Balaban J connectivity index is 2.67. The lowest BCUT2D eigenvalue weighted by atomic mass is 9.93. The van der Waals surface area contributed by atoms with Crippen LogP contribution in [0.5, 0.6) is 0 Å². The predicted molar refractivity (Wildman–Crippen MR) is 91.8 cm³/mol. The minimum absolute atomic E-state index is 0.267. The highest BCUT2D eigenvalue weighted by Crippen LogP contribution is 2.28. The van der Waals surface area contributed by atoms with E-state index in [1.807, 2.05) is 20.8 Å². The van der Waals surface area contributed by atoms with E-state index in [-0.39, 0.29) is 30.5 Å². The second kappa shape index (κ2) is 10.3. The van der Waals surface area contributed by atoms with Crippen LogP contribution < -0.4 is 5.32 Å². The molecule has 0 bridgehead atoms. The monoisotopic (exact) mass is 363 g/mol. The molecule has 1 saturated heterocycles. The number of carbonyl (C=O) groups excluding carboxylic acids is 1. The summed E-state index contributed by atoms with van der Waals surface area (Å²) in [5, 5.41) is 2.74. The van der Waals surface area contributed by atoms with Crippen LogP contribution in [-0.4, -0.2) is 83.8 Å². The zero-order valence-corrected chi connectivity index (χ0v) is 16.4. The molecule has 0 aromatic rings. The Morgan fingerprint density at radius 2 is 1.52 bits per heavy atom. The summed E-state index contributed by atoms with van der Waals surface area (Å²) in [4.78, 5) is 11.8. The predicted octanol–water partition coefficient (Wildman–Crippen LogP) is 1.36. The summed E-state index contributed by atoms with van der Waals surface area (Å²) in [6, 6.07) is 0. The first-order valence-corrected chi connectivity index (χ1v) is 8.47. The summed E-state index contributed by atoms with van der Waals surface area (Å²) >= 11 is 0. The van der Waals surface area contributed by atoms with Crippen LogP contribution in [0.3, 0.4) is 0 Å². The van der Waals surface area contributed by atoms with Gasteiger partial charge in [-0.1, -0.05) is 0 Å². The quantitative estimate of drug-likeness (QED) is 0.697. The first kappa shape index (κ1) is 22.1. The van der Waals surface area contributed by atoms with Gasteiger partial charge in [0.25, 0.3) is 0 Å². The number of alkyl carbamates (subject to hydrolysis) is 1. The summed E-state index contributed by atoms with van der Waals surface area (Å²) in [6.45, 7) is 6.24. The Bertz CT molecular complexity index is 399. The van der Waals surface area contributed by atoms with Crippen molar-refractivity contribution < 1.29 is 33.2 Å². The van der Waals surface area contributed by atoms with E-state index in [4.69, 9.17) is 28.4 Å². The molecule has 1 heterocycles. The van der Waals surface area contributed by atoms with Gasteiger partial charge in [0, 0.05) is 35.0 Å². The van der Waals surface area contributed by atoms with E-state index in [0.29, 0.717) is 19.6 Å². The molecule has 1 fully saturated rings. The first-order valence-electron chi connectivity index (χ1n) is 8.47. The Kier molecular flexibility index (Phi) is 9.09. The van der Waals surface area contributed by atoms with Gasteiger partial charge < -0.3 is 33.7 Å². The van der Waals surface area contributed by atoms with E-state index in [0.717, 1.165) is 0 Å². The zero-order valence-electron chi connectivity index (χ0n) is 16.4. The van der Waals surface area contributed by atoms with Crippen molar-refractivity contribution in [3.8, 4) is 0 Å². The lowest BCUT2D eigenvalue weighted by molar-refractivity contribution is -0.250. The molecule has 8 heteroatoms. The normalized spacial score (nSPS) is 30.1. The number of nitrogens with one attached hydrogen (secondary N) is 1. The van der Waals surface area contributed by atoms with Crippen molar-refractivity contribution in [2.45, 2.75) is 63.3 Å². The van der Waals surface area contributed by atoms with Crippen LogP contribution in [0.4, 0.5) is 4.79 Å². The summed E-state index contributed by atoms with van der Waals surface area (Å²) in [5.74, 6) is 0. The molecule has 0 spiro atoms. The van der Waals surface area contributed by atoms with Crippen LogP contribution in [-0.2, 0) is 28.4 Å². The van der Waals surface area contributed by atoms with Crippen LogP contribution >= 0.6 is 0 Å². The van der Waals surface area contributed by atoms with Crippen LogP contribution in [0.1, 0.15) is 27.2 Å². The second-order valence-electron chi connectivity index (χ2n) is 6.99. The molecular weight excluding hydrogens is 330 g/mol. The Morgan fingerprint density at radius 3 is 2.00 bits per heavy atom. The molecule has 1 aliphatic rings. The fourth-order valence-electron chi connectivity index (χ4n) is 2.99. The van der Waals surface area contributed by atoms with Crippen LogP contribution in [0.15, 0.2) is 0 Å². The average Bonchev–Trinajstić information content (AvgIpc) is 2.52. The van der Waals surface area contributed by atoms with E-state index in [9.17, 15) is 4.79 Å². The standard InChI is InChI=1S/C17H33NO7/c1-17(2,3)25-16(19)18-9-8-11-13(21-5)15(23-7)14(22-6)12(24-11)10-20-4/h11-15H,8-10H2,1-7H3,(H,18,19)/t11-,12-,13-,14-,15-/m1/s1. The van der Waals surface area contributed by atoms with Gasteiger partial charge in [-0.25, -0.2) is 4.79 Å². The van der Waals surface area contributed by atoms with Crippen LogP contribution in [0, 0.1) is 0 Å². The third kappa shape index (κ3) is 6.71. The molecular formula is C17H33NO7. The third-order valence-electron chi connectivity index (χ3n) is 3.97. The summed E-state index contributed by atoms with van der Waals surface area (Å²) in [5.41, 5.74) is -0.531. The summed E-state index contributed by atoms with van der Waals surface area (Å²) in [6.07, 6.45) is -1.36. The van der Waals surface area contributed by atoms with Gasteiger partial charge >= 0.3 is 6.09 Å². The highest BCUT2D eigenvalue weighted by molar-refractivity contribution is 5.67. The number of methoxy groups -OCH3 is 4. The number of hydrogen-bond acceptors (Lipinski definition) is 7. The summed E-state index contributed by atoms with van der Waals surface area (Å²) in [7, 11) is 6.45. The van der Waals surface area contributed by atoms with Gasteiger partial charge in [0.2, 0.25) is 0 Å². The lowest BCUT2D eigenvalue weighted by Crippen LogP contribution is -2.60. The third-order valence-corrected chi connectivity index (χ3v) is 3.97. The minimum atomic E-state index is -0.531. The molecule has 1 aliphatic heterocycles. The molecule has 1 N–H and O–H groups in total. The van der Waals surface area contributed by atoms with Crippen molar-refractivity contribution in [1.29, 1.82) is 0 Å². The van der Waals surface area contributed by atoms with Crippen molar-refractivity contribution >= 4 is 6.09 Å². The van der Waals surface area contributed by atoms with Gasteiger partial charge in [0.05, 0.1) is 12.7 Å². The molecule has 148 valence electrons. The van der Waals surface area contributed by atoms with Gasteiger partial charge in [0.1, 0.15) is 30.0 Å². The Morgan fingerprint density at radius 1 is 0.960 bits per heavy atom. The van der Waals surface area contributed by atoms with Gasteiger partial charge in [-0.3, -0.25) is 0 Å². The second-order valence-corrected chi connectivity index (χ2v) is 6.99. The van der Waals surface area contributed by atoms with E-state index >= 15 is 0 Å². The molecule has 0 radical (unpaired) electrons. The average molecular weight is 363 g/mol. The number of ether oxygens (including phenoxy) is 6. The molecule has 0 aromatic heterocycles. The molecule has 5 atom stereocenters. The Hall–Kier alpha value is -0.930. The molecule has 25 heavy (non-hydrogen) atoms. The number of hydrogen-bond donors (Lipinski definition) is 1. The minimum Gasteiger partial charge on any atom is -0.444 e. The molecule has 0 aliphatic carbocycles. The van der Waals surface area contributed by atoms with Gasteiger partial charge in [-0.15, -0.1) is 0 Å². The van der Waals surface area contributed by atoms with Crippen molar-refractivity contribution in [2.75, 3.05) is 41.6 Å². The number of rotatable bonds is 8. The van der Waals surface area contributed by atoms with E-state index in [2.05, 4.69) is 5.32 Å². The molecule has 1 rings (SSSR count). The molecule has 8 nitrogen and oxygen atoms in total.